The summed E-state index contributed by atoms with van der Waals surface area (Å²) < 4.78 is 14.5. The third-order valence-corrected chi connectivity index (χ3v) is 2.28. The Morgan fingerprint density at radius 1 is 1.47 bits per heavy atom. The van der Waals surface area contributed by atoms with E-state index < -0.39 is 10.7 Å². The summed E-state index contributed by atoms with van der Waals surface area (Å²) >= 11 is 0. The topological polar surface area (TPSA) is 87.0 Å². The number of hydrogen-bond acceptors (Lipinski definition) is 4. The molecule has 2 N–H and O–H groups in total. The van der Waals surface area contributed by atoms with Gasteiger partial charge in [0.15, 0.2) is 0 Å². The Kier molecular flexibility index (Phi) is 2.51. The van der Waals surface area contributed by atoms with Crippen molar-refractivity contribution in [1.29, 1.82) is 0 Å². The Morgan fingerprint density at radius 3 is 2.71 bits per heavy atom. The van der Waals surface area contributed by atoms with E-state index in [9.17, 15) is 14.5 Å². The molecule has 1 aromatic carbocycles. The van der Waals surface area contributed by atoms with E-state index in [0.717, 1.165) is 17.7 Å². The van der Waals surface area contributed by atoms with Crippen LogP contribution in [0.4, 0.5) is 15.9 Å². The number of nitrogens with two attached hydrogens (primary N) is 1. The van der Waals surface area contributed by atoms with Crippen molar-refractivity contribution in [3.8, 4) is 5.69 Å². The van der Waals surface area contributed by atoms with Crippen LogP contribution in [-0.2, 0) is 0 Å². The zero-order valence-electron chi connectivity index (χ0n) is 8.92. The minimum Gasteiger partial charge on any atom is -0.382 e. The molecule has 1 aromatic heterocycles. The number of nitrogen functional groups attached to an aromatic ring is 1. The molecule has 0 amide bonds. The van der Waals surface area contributed by atoms with Gasteiger partial charge < -0.3 is 5.73 Å². The standard InChI is InChI=1S/C10H9FN4O2/c1-6-5-14(13-10(6)12)8-2-7(11)3-9(4-8)15(16)17/h2-5H,1H3,(H2,12,13). The van der Waals surface area contributed by atoms with Crippen LogP contribution in [0.1, 0.15) is 5.56 Å². The van der Waals surface area contributed by atoms with Gasteiger partial charge in [-0.05, 0) is 6.92 Å². The molecule has 0 aliphatic heterocycles. The van der Waals surface area contributed by atoms with Crippen molar-refractivity contribution in [2.24, 2.45) is 0 Å². The average molecular weight is 236 g/mol. The second kappa shape index (κ2) is 3.85. The summed E-state index contributed by atoms with van der Waals surface area (Å²) in [5, 5.41) is 14.5. The number of nitro benzene ring substituents is 1. The van der Waals surface area contributed by atoms with Crippen LogP contribution < -0.4 is 5.73 Å². The largest absolute Gasteiger partial charge is 0.382 e. The smallest absolute Gasteiger partial charge is 0.274 e. The highest BCUT2D eigenvalue weighted by Crippen LogP contribution is 2.20. The number of rotatable bonds is 2. The number of non-ortho nitro benzene ring substituents is 1. The van der Waals surface area contributed by atoms with Gasteiger partial charge in [0, 0.05) is 23.9 Å². The summed E-state index contributed by atoms with van der Waals surface area (Å²) in [6, 6.07) is 3.23. The lowest BCUT2D eigenvalue weighted by molar-refractivity contribution is -0.385. The number of halogens is 1. The van der Waals surface area contributed by atoms with Crippen LogP contribution in [0.2, 0.25) is 0 Å². The molecular formula is C10H9FN4O2. The van der Waals surface area contributed by atoms with E-state index in [-0.39, 0.29) is 11.4 Å². The molecule has 0 atom stereocenters. The van der Waals surface area contributed by atoms with Gasteiger partial charge >= 0.3 is 0 Å². The molecule has 0 radical (unpaired) electrons. The van der Waals surface area contributed by atoms with E-state index in [0.29, 0.717) is 5.82 Å². The van der Waals surface area contributed by atoms with Crippen molar-refractivity contribution in [3.63, 3.8) is 0 Å². The summed E-state index contributed by atoms with van der Waals surface area (Å²) in [6.45, 7) is 1.74. The molecule has 7 heteroatoms. The van der Waals surface area contributed by atoms with E-state index in [2.05, 4.69) is 5.10 Å². The molecule has 17 heavy (non-hydrogen) atoms. The number of hydrogen-bond donors (Lipinski definition) is 1. The van der Waals surface area contributed by atoms with Gasteiger partial charge in [0.1, 0.15) is 11.6 Å². The van der Waals surface area contributed by atoms with Crippen molar-refractivity contribution < 1.29 is 9.31 Å². The number of nitro groups is 1. The highest BCUT2D eigenvalue weighted by Gasteiger charge is 2.12. The van der Waals surface area contributed by atoms with E-state index >= 15 is 0 Å². The second-order valence-electron chi connectivity index (χ2n) is 3.57. The van der Waals surface area contributed by atoms with Gasteiger partial charge in [0.2, 0.25) is 0 Å². The SMILES string of the molecule is Cc1cn(-c2cc(F)cc([N+](=O)[O-])c2)nc1N. The highest BCUT2D eigenvalue weighted by atomic mass is 19.1. The normalized spacial score (nSPS) is 10.5. The van der Waals surface area contributed by atoms with Crippen LogP contribution >= 0.6 is 0 Å². The van der Waals surface area contributed by atoms with Gasteiger partial charge in [-0.1, -0.05) is 0 Å². The van der Waals surface area contributed by atoms with Crippen LogP contribution in [0.15, 0.2) is 24.4 Å². The highest BCUT2D eigenvalue weighted by molar-refractivity contribution is 5.46. The molecule has 0 aliphatic carbocycles. The van der Waals surface area contributed by atoms with E-state index in [1.807, 2.05) is 0 Å². The predicted octanol–water partition coefficient (Wildman–Crippen LogP) is 1.81. The molecule has 0 saturated heterocycles. The van der Waals surface area contributed by atoms with Gasteiger partial charge in [-0.2, -0.15) is 5.10 Å². The molecule has 1 heterocycles. The maximum absolute atomic E-state index is 13.2. The van der Waals surface area contributed by atoms with E-state index in [1.165, 1.54) is 10.7 Å². The number of anilines is 1. The van der Waals surface area contributed by atoms with Crippen LogP contribution in [0, 0.1) is 22.9 Å². The third-order valence-electron chi connectivity index (χ3n) is 2.28. The zero-order chi connectivity index (χ0) is 12.6. The molecule has 2 aromatic rings. The Labute approximate surface area is 95.6 Å². The first kappa shape index (κ1) is 11.1. The fraction of sp³-hybridized carbons (Fsp3) is 0.100. The zero-order valence-corrected chi connectivity index (χ0v) is 8.92. The summed E-state index contributed by atoms with van der Waals surface area (Å²) in [7, 11) is 0. The average Bonchev–Trinajstić information content (AvgIpc) is 2.58. The maximum Gasteiger partial charge on any atom is 0.274 e. The van der Waals surface area contributed by atoms with Crippen molar-refractivity contribution in [2.45, 2.75) is 6.92 Å². The van der Waals surface area contributed by atoms with E-state index in [1.54, 1.807) is 13.1 Å². The Hall–Kier alpha value is -2.44. The van der Waals surface area contributed by atoms with Gasteiger partial charge in [-0.3, -0.25) is 10.1 Å². The fourth-order valence-electron chi connectivity index (χ4n) is 1.40. The molecule has 0 bridgehead atoms. The van der Waals surface area contributed by atoms with Crippen LogP contribution in [0.3, 0.4) is 0 Å². The molecule has 6 nitrogen and oxygen atoms in total. The Balaban J connectivity index is 2.55. The minimum absolute atomic E-state index is 0.261. The van der Waals surface area contributed by atoms with Crippen LogP contribution in [0.25, 0.3) is 5.69 Å². The van der Waals surface area contributed by atoms with Crippen LogP contribution in [-0.4, -0.2) is 14.7 Å². The summed E-state index contributed by atoms with van der Waals surface area (Å²) in [5.41, 5.74) is 6.21. The van der Waals surface area contributed by atoms with Gasteiger partial charge in [-0.25, -0.2) is 9.07 Å². The van der Waals surface area contributed by atoms with E-state index in [4.69, 9.17) is 5.73 Å². The molecule has 0 fully saturated rings. The maximum atomic E-state index is 13.2. The van der Waals surface area contributed by atoms with Gasteiger partial charge in [0.25, 0.3) is 5.69 Å². The Morgan fingerprint density at radius 2 is 2.18 bits per heavy atom. The minimum atomic E-state index is -0.694. The molecule has 0 aliphatic rings. The number of aryl methyl sites for hydroxylation is 1. The van der Waals surface area contributed by atoms with Crippen molar-refractivity contribution >= 4 is 11.5 Å². The third kappa shape index (κ3) is 2.07. The van der Waals surface area contributed by atoms with Crippen molar-refractivity contribution in [1.82, 2.24) is 9.78 Å². The molecule has 2 rings (SSSR count). The predicted molar refractivity (Wildman–Crippen MR) is 59.3 cm³/mol. The first-order valence-corrected chi connectivity index (χ1v) is 4.74. The monoisotopic (exact) mass is 236 g/mol. The summed E-state index contributed by atoms with van der Waals surface area (Å²) in [4.78, 5) is 9.93. The quantitative estimate of drug-likeness (QED) is 0.636. The van der Waals surface area contributed by atoms with Crippen molar-refractivity contribution in [3.05, 3.63) is 45.9 Å². The lowest BCUT2D eigenvalue weighted by Crippen LogP contribution is -1.99. The Bertz CT molecular complexity index is 574. The molecule has 0 saturated carbocycles. The number of nitrogens with zero attached hydrogens (tertiary/aromatic N) is 3. The molecule has 0 spiro atoms. The fourth-order valence-corrected chi connectivity index (χ4v) is 1.40. The summed E-state index contributed by atoms with van der Waals surface area (Å²) in [6.07, 6.45) is 1.58. The van der Waals surface area contributed by atoms with Gasteiger partial charge in [-0.15, -0.1) is 0 Å². The summed E-state index contributed by atoms with van der Waals surface area (Å²) in [5.74, 6) is -0.391. The molecule has 0 unspecified atom stereocenters. The van der Waals surface area contributed by atoms with Crippen molar-refractivity contribution in [2.75, 3.05) is 5.73 Å². The second-order valence-corrected chi connectivity index (χ2v) is 3.57. The number of aromatic nitrogens is 2. The van der Waals surface area contributed by atoms with Crippen LogP contribution in [0.5, 0.6) is 0 Å². The first-order valence-electron chi connectivity index (χ1n) is 4.74. The molecule has 88 valence electrons. The first-order chi connectivity index (χ1) is 7.97. The molecular weight excluding hydrogens is 227 g/mol. The lowest BCUT2D eigenvalue weighted by Gasteiger charge is -2.01. The number of benzene rings is 1. The van der Waals surface area contributed by atoms with Gasteiger partial charge in [0.05, 0.1) is 16.7 Å². The lowest BCUT2D eigenvalue weighted by atomic mass is 10.2.